The van der Waals surface area contributed by atoms with Gasteiger partial charge in [0.15, 0.2) is 0 Å². The molecule has 2 aromatic carbocycles. The summed E-state index contributed by atoms with van der Waals surface area (Å²) in [6.45, 7) is 2.28. The fourth-order valence-corrected chi connectivity index (χ4v) is 2.03. The fourth-order valence-electron chi connectivity index (χ4n) is 1.86. The molecule has 0 aromatic heterocycles. The smallest absolute Gasteiger partial charge is 0.123 e. The van der Waals surface area contributed by atoms with E-state index < -0.39 is 0 Å². The van der Waals surface area contributed by atoms with E-state index >= 15 is 0 Å². The number of thiocarbonyl (C=S) groups is 1. The van der Waals surface area contributed by atoms with Crippen molar-refractivity contribution in [3.63, 3.8) is 0 Å². The van der Waals surface area contributed by atoms with Gasteiger partial charge in [-0.05, 0) is 47.9 Å². The lowest BCUT2D eigenvalue weighted by Gasteiger charge is -2.09. The Morgan fingerprint density at radius 2 is 1.90 bits per heavy atom. The third-order valence-electron chi connectivity index (χ3n) is 3.01. The Hall–Kier alpha value is -1.94. The molecule has 0 unspecified atom stereocenters. The minimum absolute atomic E-state index is 0.249. The van der Waals surface area contributed by atoms with Crippen molar-refractivity contribution in [1.29, 1.82) is 0 Å². The molecule has 20 heavy (non-hydrogen) atoms. The van der Waals surface area contributed by atoms with Gasteiger partial charge in [0, 0.05) is 6.42 Å². The van der Waals surface area contributed by atoms with Crippen LogP contribution in [0.3, 0.4) is 0 Å². The van der Waals surface area contributed by atoms with E-state index in [1.807, 2.05) is 31.2 Å². The third-order valence-corrected chi connectivity index (χ3v) is 3.15. The molecule has 0 saturated heterocycles. The highest BCUT2D eigenvalue weighted by Crippen LogP contribution is 2.17. The summed E-state index contributed by atoms with van der Waals surface area (Å²) in [6, 6.07) is 12.3. The van der Waals surface area contributed by atoms with Gasteiger partial charge in [0.1, 0.15) is 18.2 Å². The number of nitrogens with two attached hydrogens (primary N) is 1. The SMILES string of the molecule is Cc1ccc(F)cc1COc1ccc(CC(N)=S)cc1. The molecule has 0 aliphatic rings. The molecule has 104 valence electrons. The van der Waals surface area contributed by atoms with Crippen LogP contribution >= 0.6 is 12.2 Å². The van der Waals surface area contributed by atoms with Crippen LogP contribution < -0.4 is 10.5 Å². The monoisotopic (exact) mass is 289 g/mol. The van der Waals surface area contributed by atoms with Crippen molar-refractivity contribution in [3.8, 4) is 5.75 Å². The molecule has 0 atom stereocenters. The normalized spacial score (nSPS) is 10.3. The highest BCUT2D eigenvalue weighted by Gasteiger charge is 2.02. The number of hydrogen-bond donors (Lipinski definition) is 1. The molecule has 0 spiro atoms. The lowest BCUT2D eigenvalue weighted by molar-refractivity contribution is 0.304. The summed E-state index contributed by atoms with van der Waals surface area (Å²) < 4.78 is 18.8. The second kappa shape index (κ2) is 6.48. The Labute approximate surface area is 123 Å². The standard InChI is InChI=1S/C16H16FNOS/c1-11-2-5-14(17)9-13(11)10-19-15-6-3-12(4-7-15)8-16(18)20/h2-7,9H,8,10H2,1H3,(H2,18,20). The Morgan fingerprint density at radius 3 is 2.55 bits per heavy atom. The van der Waals surface area contributed by atoms with E-state index in [-0.39, 0.29) is 5.82 Å². The second-order valence-corrected chi connectivity index (χ2v) is 5.17. The van der Waals surface area contributed by atoms with Gasteiger partial charge in [0.05, 0.1) is 4.99 Å². The molecule has 2 aromatic rings. The zero-order valence-electron chi connectivity index (χ0n) is 11.2. The first kappa shape index (κ1) is 14.5. The molecule has 0 aliphatic carbocycles. The minimum Gasteiger partial charge on any atom is -0.489 e. The van der Waals surface area contributed by atoms with Crippen molar-refractivity contribution < 1.29 is 9.13 Å². The average molecular weight is 289 g/mol. The fraction of sp³-hybridized carbons (Fsp3) is 0.188. The van der Waals surface area contributed by atoms with Crippen molar-refractivity contribution in [1.82, 2.24) is 0 Å². The van der Waals surface area contributed by atoms with Crippen LogP contribution in [-0.4, -0.2) is 4.99 Å². The quantitative estimate of drug-likeness (QED) is 0.855. The maximum atomic E-state index is 13.2. The Balaban J connectivity index is 2.00. The van der Waals surface area contributed by atoms with Crippen LogP contribution in [0.5, 0.6) is 5.75 Å². The average Bonchev–Trinajstić information content (AvgIpc) is 2.41. The zero-order chi connectivity index (χ0) is 14.5. The van der Waals surface area contributed by atoms with Crippen molar-refractivity contribution in [2.24, 2.45) is 5.73 Å². The first-order valence-corrected chi connectivity index (χ1v) is 6.70. The molecule has 4 heteroatoms. The molecule has 0 bridgehead atoms. The van der Waals surface area contributed by atoms with E-state index in [0.29, 0.717) is 18.0 Å². The van der Waals surface area contributed by atoms with Crippen molar-refractivity contribution in [2.45, 2.75) is 20.0 Å². The van der Waals surface area contributed by atoms with Gasteiger partial charge in [-0.25, -0.2) is 4.39 Å². The number of rotatable bonds is 5. The summed E-state index contributed by atoms with van der Waals surface area (Å²) in [5.74, 6) is 0.487. The number of ether oxygens (including phenoxy) is 1. The molecular weight excluding hydrogens is 273 g/mol. The predicted octanol–water partition coefficient (Wildman–Crippen LogP) is 3.54. The summed E-state index contributed by atoms with van der Waals surface area (Å²) in [5.41, 5.74) is 8.40. The molecule has 0 radical (unpaired) electrons. The summed E-state index contributed by atoms with van der Waals surface area (Å²) >= 11 is 4.86. The maximum Gasteiger partial charge on any atom is 0.123 e. The van der Waals surface area contributed by atoms with Crippen molar-refractivity contribution in [2.75, 3.05) is 0 Å². The third kappa shape index (κ3) is 4.03. The molecule has 0 fully saturated rings. The van der Waals surface area contributed by atoms with Gasteiger partial charge in [-0.15, -0.1) is 0 Å². The second-order valence-electron chi connectivity index (χ2n) is 4.65. The molecule has 2 N–H and O–H groups in total. The predicted molar refractivity (Wildman–Crippen MR) is 82.4 cm³/mol. The van der Waals surface area contributed by atoms with Crippen LogP contribution in [0, 0.1) is 12.7 Å². The van der Waals surface area contributed by atoms with E-state index in [1.54, 1.807) is 6.07 Å². The van der Waals surface area contributed by atoms with Gasteiger partial charge in [0.25, 0.3) is 0 Å². The summed E-state index contributed by atoms with van der Waals surface area (Å²) in [5, 5.41) is 0. The highest BCUT2D eigenvalue weighted by molar-refractivity contribution is 7.80. The Morgan fingerprint density at radius 1 is 1.20 bits per heavy atom. The Bertz CT molecular complexity index is 610. The van der Waals surface area contributed by atoms with Gasteiger partial charge in [-0.1, -0.05) is 30.4 Å². The van der Waals surface area contributed by atoms with E-state index in [4.69, 9.17) is 22.7 Å². The van der Waals surface area contributed by atoms with Gasteiger partial charge in [-0.2, -0.15) is 0 Å². The molecule has 0 amide bonds. The molecule has 2 rings (SSSR count). The summed E-state index contributed by atoms with van der Waals surface area (Å²) in [4.78, 5) is 0.467. The molecular formula is C16H16FNOS. The zero-order valence-corrected chi connectivity index (χ0v) is 12.0. The molecule has 0 saturated carbocycles. The lowest BCUT2D eigenvalue weighted by Crippen LogP contribution is -2.10. The first-order valence-electron chi connectivity index (χ1n) is 6.29. The molecule has 2 nitrogen and oxygen atoms in total. The van der Waals surface area contributed by atoms with Crippen molar-refractivity contribution in [3.05, 3.63) is 65.0 Å². The van der Waals surface area contributed by atoms with E-state index in [0.717, 1.165) is 22.4 Å². The molecule has 0 aliphatic heterocycles. The van der Waals surface area contributed by atoms with Crippen LogP contribution in [0.4, 0.5) is 4.39 Å². The van der Waals surface area contributed by atoms with Crippen LogP contribution in [0.1, 0.15) is 16.7 Å². The summed E-state index contributed by atoms with van der Waals surface area (Å²) in [7, 11) is 0. The van der Waals surface area contributed by atoms with Gasteiger partial charge in [-0.3, -0.25) is 0 Å². The minimum atomic E-state index is -0.249. The van der Waals surface area contributed by atoms with Gasteiger partial charge < -0.3 is 10.5 Å². The topological polar surface area (TPSA) is 35.2 Å². The number of benzene rings is 2. The van der Waals surface area contributed by atoms with Gasteiger partial charge in [0.2, 0.25) is 0 Å². The van der Waals surface area contributed by atoms with Crippen LogP contribution in [0.2, 0.25) is 0 Å². The molecule has 0 heterocycles. The largest absolute Gasteiger partial charge is 0.489 e. The first-order chi connectivity index (χ1) is 9.54. The Kier molecular flexibility index (Phi) is 4.69. The van der Waals surface area contributed by atoms with Crippen LogP contribution in [0.25, 0.3) is 0 Å². The van der Waals surface area contributed by atoms with E-state index in [9.17, 15) is 4.39 Å². The number of halogens is 1. The maximum absolute atomic E-state index is 13.2. The van der Waals surface area contributed by atoms with E-state index in [1.165, 1.54) is 12.1 Å². The van der Waals surface area contributed by atoms with Crippen LogP contribution in [-0.2, 0) is 13.0 Å². The van der Waals surface area contributed by atoms with Crippen molar-refractivity contribution >= 4 is 17.2 Å². The number of aryl methyl sites for hydroxylation is 1. The van der Waals surface area contributed by atoms with E-state index in [2.05, 4.69) is 0 Å². The van der Waals surface area contributed by atoms with Gasteiger partial charge >= 0.3 is 0 Å². The number of hydrogen-bond acceptors (Lipinski definition) is 2. The lowest BCUT2D eigenvalue weighted by atomic mass is 10.1. The van der Waals surface area contributed by atoms with Crippen LogP contribution in [0.15, 0.2) is 42.5 Å². The summed E-state index contributed by atoms with van der Waals surface area (Å²) in [6.07, 6.45) is 0.582. The highest BCUT2D eigenvalue weighted by atomic mass is 32.1.